The largest absolute Gasteiger partial charge is 0.377 e. The molecule has 0 saturated carbocycles. The van der Waals surface area contributed by atoms with E-state index in [0.29, 0.717) is 17.8 Å². The van der Waals surface area contributed by atoms with Crippen molar-refractivity contribution >= 4 is 30.1 Å². The molecule has 2 saturated heterocycles. The lowest BCUT2D eigenvalue weighted by atomic mass is 10.0. The molecule has 0 aliphatic carbocycles. The Balaban J connectivity index is 0.00000162. The number of amides is 1. The van der Waals surface area contributed by atoms with Crippen LogP contribution in [0.2, 0.25) is 0 Å². The van der Waals surface area contributed by atoms with Crippen molar-refractivity contribution in [2.24, 2.45) is 5.92 Å². The number of carbonyl (C=O) groups is 1. The highest BCUT2D eigenvalue weighted by atomic mass is 35.5. The van der Waals surface area contributed by atoms with Gasteiger partial charge >= 0.3 is 0 Å². The van der Waals surface area contributed by atoms with Gasteiger partial charge in [0, 0.05) is 37.9 Å². The third-order valence-electron chi connectivity index (χ3n) is 3.26. The second-order valence-electron chi connectivity index (χ2n) is 4.83. The maximum atomic E-state index is 11.5. The molecule has 0 bridgehead atoms. The van der Waals surface area contributed by atoms with Gasteiger partial charge in [0.25, 0.3) is 0 Å². The van der Waals surface area contributed by atoms with Gasteiger partial charge in [-0.2, -0.15) is 0 Å². The smallest absolute Gasteiger partial charge is 0.230 e. The monoisotopic (exact) mass is 294 g/mol. The molecule has 0 aromatic rings. The van der Waals surface area contributed by atoms with E-state index in [0.717, 1.165) is 38.4 Å². The van der Waals surface area contributed by atoms with Crippen LogP contribution in [0, 0.1) is 5.92 Å². The average molecular weight is 295 g/mol. The number of carbonyl (C=O) groups excluding carboxylic acids is 1. The normalized spacial score (nSPS) is 23.9. The Morgan fingerprint density at radius 1 is 1.39 bits per heavy atom. The first-order chi connectivity index (χ1) is 8.34. The first kappa shape index (κ1) is 16.1. The predicted octanol–water partition coefficient (Wildman–Crippen LogP) is 1.05. The van der Waals surface area contributed by atoms with Gasteiger partial charge in [0.1, 0.15) is 0 Å². The number of halogens is 1. The number of thioether (sulfide) groups is 1. The van der Waals surface area contributed by atoms with Crippen LogP contribution in [0.3, 0.4) is 0 Å². The van der Waals surface area contributed by atoms with E-state index in [2.05, 4.69) is 10.6 Å². The van der Waals surface area contributed by atoms with E-state index in [9.17, 15) is 4.79 Å². The molecule has 1 unspecified atom stereocenters. The fourth-order valence-corrected chi connectivity index (χ4v) is 2.96. The molecule has 4 nitrogen and oxygen atoms in total. The quantitative estimate of drug-likeness (QED) is 0.769. The number of nitrogens with one attached hydrogen (secondary N) is 2. The molecule has 1 atom stereocenters. The Kier molecular flexibility index (Phi) is 8.06. The van der Waals surface area contributed by atoms with Crippen LogP contribution in [0.4, 0.5) is 0 Å². The Morgan fingerprint density at radius 3 is 2.83 bits per heavy atom. The SMILES string of the molecule is Cl.O=C(CSCC1CCCCO1)NCC1CNC1. The molecule has 2 heterocycles. The van der Waals surface area contributed by atoms with Crippen molar-refractivity contribution < 1.29 is 9.53 Å². The van der Waals surface area contributed by atoms with Crippen LogP contribution in [0.25, 0.3) is 0 Å². The second kappa shape index (κ2) is 9.02. The van der Waals surface area contributed by atoms with Crippen LogP contribution >= 0.6 is 24.2 Å². The highest BCUT2D eigenvalue weighted by Gasteiger charge is 2.17. The van der Waals surface area contributed by atoms with Crippen molar-refractivity contribution in [3.8, 4) is 0 Å². The summed E-state index contributed by atoms with van der Waals surface area (Å²) in [4.78, 5) is 11.5. The maximum absolute atomic E-state index is 11.5. The van der Waals surface area contributed by atoms with Crippen LogP contribution in [-0.2, 0) is 9.53 Å². The van der Waals surface area contributed by atoms with Gasteiger partial charge in [0.05, 0.1) is 11.9 Å². The van der Waals surface area contributed by atoms with Crippen molar-refractivity contribution in [2.75, 3.05) is 37.7 Å². The summed E-state index contributed by atoms with van der Waals surface area (Å²) in [6, 6.07) is 0. The molecule has 0 aromatic carbocycles. The van der Waals surface area contributed by atoms with Crippen LogP contribution in [-0.4, -0.2) is 49.8 Å². The van der Waals surface area contributed by atoms with E-state index < -0.39 is 0 Å². The fourth-order valence-electron chi connectivity index (χ4n) is 2.02. The summed E-state index contributed by atoms with van der Waals surface area (Å²) in [5.41, 5.74) is 0. The summed E-state index contributed by atoms with van der Waals surface area (Å²) >= 11 is 1.69. The van der Waals surface area contributed by atoms with Crippen LogP contribution in [0.5, 0.6) is 0 Å². The Labute approximate surface area is 119 Å². The van der Waals surface area contributed by atoms with Crippen molar-refractivity contribution in [1.82, 2.24) is 10.6 Å². The Hall–Kier alpha value is 0.0300. The molecule has 2 fully saturated rings. The molecule has 18 heavy (non-hydrogen) atoms. The van der Waals surface area contributed by atoms with Crippen LogP contribution in [0.15, 0.2) is 0 Å². The average Bonchev–Trinajstić information content (AvgIpc) is 2.28. The van der Waals surface area contributed by atoms with Crippen molar-refractivity contribution in [1.29, 1.82) is 0 Å². The Bertz CT molecular complexity index is 246. The molecule has 2 aliphatic heterocycles. The minimum atomic E-state index is 0. The molecule has 0 radical (unpaired) electrons. The maximum Gasteiger partial charge on any atom is 0.230 e. The third kappa shape index (κ3) is 5.78. The van der Waals surface area contributed by atoms with Crippen LogP contribution in [0.1, 0.15) is 19.3 Å². The number of rotatable bonds is 6. The van der Waals surface area contributed by atoms with Gasteiger partial charge in [-0.25, -0.2) is 0 Å². The summed E-state index contributed by atoms with van der Waals surface area (Å²) in [6.45, 7) is 3.81. The zero-order valence-electron chi connectivity index (χ0n) is 10.7. The molecule has 2 N–H and O–H groups in total. The van der Waals surface area contributed by atoms with Gasteiger partial charge < -0.3 is 15.4 Å². The zero-order valence-corrected chi connectivity index (χ0v) is 12.3. The molecule has 0 aromatic heterocycles. The first-order valence-corrected chi connectivity index (χ1v) is 7.67. The molecular weight excluding hydrogens is 272 g/mol. The Morgan fingerprint density at radius 2 is 2.22 bits per heavy atom. The van der Waals surface area contributed by atoms with E-state index in [1.54, 1.807) is 11.8 Å². The van der Waals surface area contributed by atoms with E-state index in [1.165, 1.54) is 12.8 Å². The number of ether oxygens (including phenoxy) is 1. The van der Waals surface area contributed by atoms with Gasteiger partial charge in [-0.15, -0.1) is 24.2 Å². The number of hydrogen-bond acceptors (Lipinski definition) is 4. The van der Waals surface area contributed by atoms with Crippen molar-refractivity contribution in [2.45, 2.75) is 25.4 Å². The van der Waals surface area contributed by atoms with E-state index in [-0.39, 0.29) is 18.3 Å². The second-order valence-corrected chi connectivity index (χ2v) is 5.86. The fraction of sp³-hybridized carbons (Fsp3) is 0.917. The molecular formula is C12H23ClN2O2S. The van der Waals surface area contributed by atoms with E-state index in [1.807, 2.05) is 0 Å². The lowest BCUT2D eigenvalue weighted by Crippen LogP contribution is -2.48. The third-order valence-corrected chi connectivity index (χ3v) is 4.34. The highest BCUT2D eigenvalue weighted by molar-refractivity contribution is 7.99. The topological polar surface area (TPSA) is 50.4 Å². The first-order valence-electron chi connectivity index (χ1n) is 6.51. The van der Waals surface area contributed by atoms with Crippen LogP contribution < -0.4 is 10.6 Å². The van der Waals surface area contributed by atoms with E-state index in [4.69, 9.17) is 4.74 Å². The standard InChI is InChI=1S/C12H22N2O2S.ClH/c15-12(14-7-10-5-13-6-10)9-17-8-11-3-1-2-4-16-11;/h10-11,13H,1-9H2,(H,14,15);1H. The summed E-state index contributed by atoms with van der Waals surface area (Å²) in [5, 5.41) is 6.18. The van der Waals surface area contributed by atoms with Gasteiger partial charge in [-0.05, 0) is 19.3 Å². The molecule has 106 valence electrons. The summed E-state index contributed by atoms with van der Waals surface area (Å²) < 4.78 is 5.62. The van der Waals surface area contributed by atoms with Crippen molar-refractivity contribution in [3.05, 3.63) is 0 Å². The number of hydrogen-bond donors (Lipinski definition) is 2. The summed E-state index contributed by atoms with van der Waals surface area (Å²) in [7, 11) is 0. The van der Waals surface area contributed by atoms with Crippen molar-refractivity contribution in [3.63, 3.8) is 0 Å². The van der Waals surface area contributed by atoms with Gasteiger partial charge in [-0.1, -0.05) is 0 Å². The summed E-state index contributed by atoms with van der Waals surface area (Å²) in [5.74, 6) is 2.33. The lowest BCUT2D eigenvalue weighted by Gasteiger charge is -2.27. The van der Waals surface area contributed by atoms with Gasteiger partial charge in [0.2, 0.25) is 5.91 Å². The summed E-state index contributed by atoms with van der Waals surface area (Å²) in [6.07, 6.45) is 3.99. The molecule has 6 heteroatoms. The minimum absolute atomic E-state index is 0. The predicted molar refractivity (Wildman–Crippen MR) is 77.5 cm³/mol. The highest BCUT2D eigenvalue weighted by Crippen LogP contribution is 2.16. The lowest BCUT2D eigenvalue weighted by molar-refractivity contribution is -0.118. The van der Waals surface area contributed by atoms with Gasteiger partial charge in [0.15, 0.2) is 0 Å². The molecule has 0 spiro atoms. The van der Waals surface area contributed by atoms with E-state index >= 15 is 0 Å². The molecule has 2 rings (SSSR count). The molecule has 2 aliphatic rings. The molecule has 1 amide bonds. The zero-order chi connectivity index (χ0) is 11.9. The minimum Gasteiger partial charge on any atom is -0.377 e. The van der Waals surface area contributed by atoms with Gasteiger partial charge in [-0.3, -0.25) is 4.79 Å².